The number of carboxylic acids is 1. The van der Waals surface area contributed by atoms with Gasteiger partial charge in [0.1, 0.15) is 5.82 Å². The van der Waals surface area contributed by atoms with Gasteiger partial charge < -0.3 is 5.11 Å². The van der Waals surface area contributed by atoms with E-state index in [-0.39, 0.29) is 11.1 Å². The molecule has 1 aromatic heterocycles. The molecule has 0 aliphatic heterocycles. The summed E-state index contributed by atoms with van der Waals surface area (Å²) in [7, 11) is 0. The molecule has 0 amide bonds. The van der Waals surface area contributed by atoms with Gasteiger partial charge in [0.2, 0.25) is 0 Å². The Morgan fingerprint density at radius 3 is 2.57 bits per heavy atom. The molecule has 0 bridgehead atoms. The third-order valence-corrected chi connectivity index (χ3v) is 3.40. The second-order valence-electron chi connectivity index (χ2n) is 4.96. The fourth-order valence-electron chi connectivity index (χ4n) is 2.21. The van der Waals surface area contributed by atoms with E-state index in [1.807, 2.05) is 6.07 Å². The molecule has 0 radical (unpaired) electrons. The second kappa shape index (κ2) is 5.84. The lowest BCUT2D eigenvalue weighted by Crippen LogP contribution is -2.20. The molecule has 0 spiro atoms. The van der Waals surface area contributed by atoms with Crippen molar-refractivity contribution in [2.24, 2.45) is 5.10 Å². The monoisotopic (exact) mass is 307 g/mol. The lowest BCUT2D eigenvalue weighted by molar-refractivity contribution is 0.0697. The summed E-state index contributed by atoms with van der Waals surface area (Å²) >= 11 is 0. The summed E-state index contributed by atoms with van der Waals surface area (Å²) in [5.41, 5.74) is 1.27. The van der Waals surface area contributed by atoms with Crippen LogP contribution in [0.5, 0.6) is 0 Å². The number of rotatable bonds is 3. The molecule has 0 aliphatic carbocycles. The van der Waals surface area contributed by atoms with Crippen molar-refractivity contribution < 1.29 is 9.90 Å². The summed E-state index contributed by atoms with van der Waals surface area (Å²) in [6.07, 6.45) is 1.50. The Morgan fingerprint density at radius 2 is 1.87 bits per heavy atom. The third kappa shape index (κ3) is 2.87. The SMILES string of the molecule is Cc1nc2ccccc2c(=O)n1N=Cc1ccc(C(=O)O)cc1. The maximum Gasteiger partial charge on any atom is 0.335 e. The number of fused-ring (bicyclic) bond motifs is 1. The number of carboxylic acid groups (broad SMARTS) is 1. The summed E-state index contributed by atoms with van der Waals surface area (Å²) < 4.78 is 1.23. The van der Waals surface area contributed by atoms with Gasteiger partial charge in [0.05, 0.1) is 22.7 Å². The Bertz CT molecular complexity index is 973. The van der Waals surface area contributed by atoms with Gasteiger partial charge in [0.25, 0.3) is 5.56 Å². The van der Waals surface area contributed by atoms with E-state index in [0.717, 1.165) is 0 Å². The number of hydrogen-bond donors (Lipinski definition) is 1. The zero-order valence-corrected chi connectivity index (χ0v) is 12.3. The Labute approximate surface area is 131 Å². The maximum absolute atomic E-state index is 12.4. The molecule has 0 saturated carbocycles. The number of aromatic nitrogens is 2. The van der Waals surface area contributed by atoms with E-state index in [0.29, 0.717) is 22.3 Å². The number of benzene rings is 2. The smallest absolute Gasteiger partial charge is 0.335 e. The second-order valence-corrected chi connectivity index (χ2v) is 4.96. The first kappa shape index (κ1) is 14.6. The normalized spacial score (nSPS) is 11.2. The van der Waals surface area contributed by atoms with Crippen LogP contribution in [0.3, 0.4) is 0 Å². The van der Waals surface area contributed by atoms with E-state index in [9.17, 15) is 9.59 Å². The van der Waals surface area contributed by atoms with Crippen LogP contribution in [0.2, 0.25) is 0 Å². The molecule has 3 aromatic rings. The molecule has 0 fully saturated rings. The van der Waals surface area contributed by atoms with Crippen LogP contribution in [0.25, 0.3) is 10.9 Å². The number of hydrogen-bond acceptors (Lipinski definition) is 4. The largest absolute Gasteiger partial charge is 0.478 e. The molecule has 0 aliphatic rings. The first-order valence-corrected chi connectivity index (χ1v) is 6.92. The highest BCUT2D eigenvalue weighted by atomic mass is 16.4. The predicted molar refractivity (Wildman–Crippen MR) is 87.1 cm³/mol. The minimum absolute atomic E-state index is 0.197. The average Bonchev–Trinajstić information content (AvgIpc) is 2.55. The number of aryl methyl sites for hydroxylation is 1. The number of para-hydroxylation sites is 1. The maximum atomic E-state index is 12.4. The van der Waals surface area contributed by atoms with E-state index >= 15 is 0 Å². The van der Waals surface area contributed by atoms with Gasteiger partial charge in [0, 0.05) is 0 Å². The van der Waals surface area contributed by atoms with Gasteiger partial charge in [-0.1, -0.05) is 24.3 Å². The van der Waals surface area contributed by atoms with Crippen LogP contribution in [-0.4, -0.2) is 27.0 Å². The lowest BCUT2D eigenvalue weighted by Gasteiger charge is -2.05. The summed E-state index contributed by atoms with van der Waals surface area (Å²) in [6.45, 7) is 1.71. The van der Waals surface area contributed by atoms with Crippen LogP contribution >= 0.6 is 0 Å². The van der Waals surface area contributed by atoms with Crippen molar-refractivity contribution >= 4 is 23.1 Å². The molecule has 114 valence electrons. The van der Waals surface area contributed by atoms with Gasteiger partial charge in [-0.3, -0.25) is 4.79 Å². The molecule has 2 aromatic carbocycles. The van der Waals surface area contributed by atoms with E-state index in [4.69, 9.17) is 5.11 Å². The van der Waals surface area contributed by atoms with E-state index < -0.39 is 5.97 Å². The minimum Gasteiger partial charge on any atom is -0.478 e. The summed E-state index contributed by atoms with van der Waals surface area (Å²) in [4.78, 5) is 27.6. The molecule has 1 heterocycles. The van der Waals surface area contributed by atoms with Gasteiger partial charge in [-0.15, -0.1) is 0 Å². The van der Waals surface area contributed by atoms with Gasteiger partial charge in [-0.05, 0) is 36.8 Å². The third-order valence-electron chi connectivity index (χ3n) is 3.40. The Balaban J connectivity index is 2.00. The predicted octanol–water partition coefficient (Wildman–Crippen LogP) is 2.29. The zero-order chi connectivity index (χ0) is 16.4. The first-order valence-electron chi connectivity index (χ1n) is 6.92. The first-order chi connectivity index (χ1) is 11.1. The highest BCUT2D eigenvalue weighted by molar-refractivity contribution is 5.89. The fraction of sp³-hybridized carbons (Fsp3) is 0.0588. The highest BCUT2D eigenvalue weighted by Crippen LogP contribution is 2.07. The average molecular weight is 307 g/mol. The summed E-state index contributed by atoms with van der Waals surface area (Å²) in [5, 5.41) is 13.5. The van der Waals surface area contributed by atoms with Crippen LogP contribution in [0.15, 0.2) is 58.4 Å². The molecule has 3 rings (SSSR count). The van der Waals surface area contributed by atoms with Crippen molar-refractivity contribution in [1.82, 2.24) is 9.66 Å². The van der Waals surface area contributed by atoms with Gasteiger partial charge in [0.15, 0.2) is 0 Å². The topological polar surface area (TPSA) is 84.5 Å². The molecular weight excluding hydrogens is 294 g/mol. The highest BCUT2D eigenvalue weighted by Gasteiger charge is 2.06. The molecule has 0 saturated heterocycles. The molecule has 23 heavy (non-hydrogen) atoms. The van der Waals surface area contributed by atoms with Crippen LogP contribution in [0, 0.1) is 6.92 Å². The molecular formula is C17H13N3O3. The fourth-order valence-corrected chi connectivity index (χ4v) is 2.21. The number of nitrogens with zero attached hydrogens (tertiary/aromatic N) is 3. The zero-order valence-electron chi connectivity index (χ0n) is 12.3. The van der Waals surface area contributed by atoms with Crippen LogP contribution in [-0.2, 0) is 0 Å². The van der Waals surface area contributed by atoms with Crippen LogP contribution in [0.4, 0.5) is 0 Å². The van der Waals surface area contributed by atoms with Gasteiger partial charge in [-0.25, -0.2) is 9.78 Å². The molecule has 1 N–H and O–H groups in total. The Morgan fingerprint density at radius 1 is 1.17 bits per heavy atom. The summed E-state index contributed by atoms with van der Waals surface area (Å²) in [5.74, 6) is -0.508. The minimum atomic E-state index is -0.987. The standard InChI is InChI=1S/C17H13N3O3/c1-11-19-15-5-3-2-4-14(15)16(21)20(11)18-10-12-6-8-13(9-7-12)17(22)23/h2-10H,1H3,(H,22,23). The quantitative estimate of drug-likeness (QED) is 0.752. The van der Waals surface area contributed by atoms with Crippen molar-refractivity contribution in [3.63, 3.8) is 0 Å². The summed E-state index contributed by atoms with van der Waals surface area (Å²) in [6, 6.07) is 13.3. The van der Waals surface area contributed by atoms with Crippen molar-refractivity contribution in [3.8, 4) is 0 Å². The van der Waals surface area contributed by atoms with E-state index in [2.05, 4.69) is 10.1 Å². The van der Waals surface area contributed by atoms with Crippen LogP contribution in [0.1, 0.15) is 21.7 Å². The number of aromatic carboxylic acids is 1. The van der Waals surface area contributed by atoms with Gasteiger partial charge in [-0.2, -0.15) is 9.78 Å². The van der Waals surface area contributed by atoms with Crippen molar-refractivity contribution in [1.29, 1.82) is 0 Å². The Hall–Kier alpha value is -3.28. The lowest BCUT2D eigenvalue weighted by atomic mass is 10.1. The van der Waals surface area contributed by atoms with Crippen LogP contribution < -0.4 is 5.56 Å². The van der Waals surface area contributed by atoms with Crippen molar-refractivity contribution in [2.75, 3.05) is 0 Å². The van der Waals surface area contributed by atoms with Gasteiger partial charge >= 0.3 is 5.97 Å². The van der Waals surface area contributed by atoms with E-state index in [1.165, 1.54) is 23.0 Å². The van der Waals surface area contributed by atoms with Crippen molar-refractivity contribution in [2.45, 2.75) is 6.92 Å². The van der Waals surface area contributed by atoms with E-state index in [1.54, 1.807) is 37.3 Å². The van der Waals surface area contributed by atoms with Crippen molar-refractivity contribution in [3.05, 3.63) is 75.8 Å². The molecule has 0 unspecified atom stereocenters. The Kier molecular flexibility index (Phi) is 3.72. The molecule has 6 nitrogen and oxygen atoms in total. The number of carbonyl (C=O) groups is 1. The molecule has 6 heteroatoms. The molecule has 0 atom stereocenters.